The minimum absolute atomic E-state index is 0.794. The van der Waals surface area contributed by atoms with E-state index in [0.29, 0.717) is 0 Å². The Morgan fingerprint density at radius 3 is 3.11 bits per heavy atom. The molecule has 1 heterocycles. The van der Waals surface area contributed by atoms with Gasteiger partial charge < -0.3 is 0 Å². The van der Waals surface area contributed by atoms with Gasteiger partial charge in [0, 0.05) is 12.1 Å². The van der Waals surface area contributed by atoms with E-state index in [1.165, 1.54) is 11.3 Å². The van der Waals surface area contributed by atoms with Crippen molar-refractivity contribution >= 4 is 23.2 Å². The molecule has 0 radical (unpaired) electrons. The number of nitrogens with zero attached hydrogens (tertiary/aromatic N) is 2. The third kappa shape index (κ3) is 1.50. The fourth-order valence-electron chi connectivity index (χ4n) is 0.473. The first kappa shape index (κ1) is 6.22. The molecular weight excluding hydrogens is 134 g/mol. The van der Waals surface area contributed by atoms with Crippen LogP contribution in [0.5, 0.6) is 0 Å². The van der Waals surface area contributed by atoms with E-state index in [4.69, 9.17) is 0 Å². The maximum absolute atomic E-state index is 4.07. The molecule has 0 aromatic carbocycles. The maximum Gasteiger partial charge on any atom is 0.203 e. The second-order valence-electron chi connectivity index (χ2n) is 1.56. The monoisotopic (exact) mass is 141 g/mol. The molecule has 48 valence electrons. The zero-order chi connectivity index (χ0) is 6.69. The number of anilines is 1. The molecule has 1 aromatic rings. The Bertz CT molecular complexity index is 206. The van der Waals surface area contributed by atoms with Crippen molar-refractivity contribution in [2.75, 3.05) is 5.43 Å². The van der Waals surface area contributed by atoms with Crippen molar-refractivity contribution in [1.29, 1.82) is 0 Å². The summed E-state index contributed by atoms with van der Waals surface area (Å²) in [6.45, 7) is 5.21. The molecule has 0 saturated carbocycles. The summed E-state index contributed by atoms with van der Waals surface area (Å²) in [6.07, 6.45) is 0. The molecule has 0 unspecified atom stereocenters. The zero-order valence-corrected chi connectivity index (χ0v) is 5.90. The number of hydrogen-bond donors (Lipinski definition) is 1. The van der Waals surface area contributed by atoms with Crippen LogP contribution < -0.4 is 5.43 Å². The summed E-state index contributed by atoms with van der Waals surface area (Å²) in [6, 6.07) is 0. The molecule has 1 N–H and O–H groups in total. The standard InChI is InChI=1S/C5H7N3S/c1-4-3-9-5(7-4)8-6-2/h3H,2H2,1H3,(H,7,8). The first-order chi connectivity index (χ1) is 4.33. The van der Waals surface area contributed by atoms with Crippen LogP contribution in [-0.2, 0) is 0 Å². The van der Waals surface area contributed by atoms with Crippen molar-refractivity contribution in [3.63, 3.8) is 0 Å². The molecule has 0 amide bonds. The number of rotatable bonds is 2. The Kier molecular flexibility index (Phi) is 1.79. The molecule has 4 heteroatoms. The summed E-state index contributed by atoms with van der Waals surface area (Å²) >= 11 is 1.52. The average Bonchev–Trinajstić information content (AvgIpc) is 2.17. The highest BCUT2D eigenvalue weighted by atomic mass is 32.1. The Morgan fingerprint density at radius 2 is 2.67 bits per heavy atom. The van der Waals surface area contributed by atoms with Gasteiger partial charge in [0.1, 0.15) is 0 Å². The van der Waals surface area contributed by atoms with Crippen LogP contribution in [0, 0.1) is 6.92 Å². The Balaban J connectivity index is 2.72. The number of nitrogens with one attached hydrogen (secondary N) is 1. The minimum atomic E-state index is 0.794. The smallest absolute Gasteiger partial charge is 0.203 e. The second-order valence-corrected chi connectivity index (χ2v) is 2.42. The predicted octanol–water partition coefficient (Wildman–Crippen LogP) is 1.48. The summed E-state index contributed by atoms with van der Waals surface area (Å²) < 4.78 is 0. The Morgan fingerprint density at radius 1 is 1.89 bits per heavy atom. The van der Waals surface area contributed by atoms with Crippen LogP contribution in [0.4, 0.5) is 5.13 Å². The van der Waals surface area contributed by atoms with Crippen molar-refractivity contribution in [3.8, 4) is 0 Å². The lowest BCUT2D eigenvalue weighted by Gasteiger charge is -1.86. The lowest BCUT2D eigenvalue weighted by atomic mass is 10.6. The molecule has 0 fully saturated rings. The van der Waals surface area contributed by atoms with E-state index in [-0.39, 0.29) is 0 Å². The quantitative estimate of drug-likeness (QED) is 0.500. The third-order valence-electron chi connectivity index (χ3n) is 0.794. The van der Waals surface area contributed by atoms with Gasteiger partial charge in [-0.05, 0) is 6.92 Å². The van der Waals surface area contributed by atoms with Gasteiger partial charge in [-0.2, -0.15) is 5.10 Å². The topological polar surface area (TPSA) is 37.3 Å². The molecule has 9 heavy (non-hydrogen) atoms. The molecule has 1 rings (SSSR count). The molecule has 0 atom stereocenters. The molecule has 0 aliphatic carbocycles. The van der Waals surface area contributed by atoms with E-state index in [2.05, 4.69) is 22.2 Å². The van der Waals surface area contributed by atoms with Crippen molar-refractivity contribution in [1.82, 2.24) is 4.98 Å². The van der Waals surface area contributed by atoms with Crippen LogP contribution in [0.15, 0.2) is 10.5 Å². The number of thiazole rings is 1. The van der Waals surface area contributed by atoms with Gasteiger partial charge in [-0.15, -0.1) is 11.3 Å². The lowest BCUT2D eigenvalue weighted by molar-refractivity contribution is 1.22. The van der Waals surface area contributed by atoms with Crippen LogP contribution >= 0.6 is 11.3 Å². The zero-order valence-electron chi connectivity index (χ0n) is 5.09. The van der Waals surface area contributed by atoms with Gasteiger partial charge in [0.25, 0.3) is 0 Å². The molecule has 0 aliphatic heterocycles. The van der Waals surface area contributed by atoms with E-state index in [9.17, 15) is 0 Å². The summed E-state index contributed by atoms with van der Waals surface area (Å²) in [4.78, 5) is 4.07. The van der Waals surface area contributed by atoms with Gasteiger partial charge in [0.2, 0.25) is 5.13 Å². The third-order valence-corrected chi connectivity index (χ3v) is 1.66. The van der Waals surface area contributed by atoms with Crippen molar-refractivity contribution in [3.05, 3.63) is 11.1 Å². The highest BCUT2D eigenvalue weighted by Crippen LogP contribution is 2.13. The van der Waals surface area contributed by atoms with Gasteiger partial charge in [-0.25, -0.2) is 4.98 Å². The van der Waals surface area contributed by atoms with Crippen molar-refractivity contribution in [2.24, 2.45) is 5.10 Å². The number of hydrogen-bond acceptors (Lipinski definition) is 4. The van der Waals surface area contributed by atoms with Gasteiger partial charge in [-0.3, -0.25) is 5.43 Å². The van der Waals surface area contributed by atoms with E-state index in [1.54, 1.807) is 0 Å². The second kappa shape index (κ2) is 2.59. The summed E-state index contributed by atoms with van der Waals surface area (Å²) in [7, 11) is 0. The normalized spacial score (nSPS) is 9.00. The van der Waals surface area contributed by atoms with Crippen LogP contribution in [0.25, 0.3) is 0 Å². The van der Waals surface area contributed by atoms with Crippen LogP contribution in [0.1, 0.15) is 5.69 Å². The fourth-order valence-corrected chi connectivity index (χ4v) is 1.12. The molecule has 3 nitrogen and oxygen atoms in total. The summed E-state index contributed by atoms with van der Waals surface area (Å²) in [5.74, 6) is 0. The molecule has 0 aliphatic rings. The van der Waals surface area contributed by atoms with Gasteiger partial charge in [-0.1, -0.05) is 0 Å². The minimum Gasteiger partial charge on any atom is -0.253 e. The largest absolute Gasteiger partial charge is 0.253 e. The highest BCUT2D eigenvalue weighted by Gasteiger charge is 1.92. The van der Waals surface area contributed by atoms with E-state index >= 15 is 0 Å². The van der Waals surface area contributed by atoms with E-state index in [0.717, 1.165) is 10.8 Å². The summed E-state index contributed by atoms with van der Waals surface area (Å²) in [5.41, 5.74) is 3.66. The van der Waals surface area contributed by atoms with Crippen LogP contribution in [0.2, 0.25) is 0 Å². The Labute approximate surface area is 57.4 Å². The lowest BCUT2D eigenvalue weighted by Crippen LogP contribution is -1.83. The first-order valence-electron chi connectivity index (χ1n) is 2.47. The van der Waals surface area contributed by atoms with Crippen LogP contribution in [0.3, 0.4) is 0 Å². The molecular formula is C5H7N3S. The van der Waals surface area contributed by atoms with Gasteiger partial charge in [0.05, 0.1) is 5.69 Å². The average molecular weight is 141 g/mol. The number of hydrazone groups is 1. The maximum atomic E-state index is 4.07. The van der Waals surface area contributed by atoms with E-state index < -0.39 is 0 Å². The van der Waals surface area contributed by atoms with Gasteiger partial charge in [0.15, 0.2) is 0 Å². The molecule has 1 aromatic heterocycles. The summed E-state index contributed by atoms with van der Waals surface area (Å²) in [5, 5.41) is 6.21. The molecule has 0 saturated heterocycles. The number of aryl methyl sites for hydroxylation is 1. The molecule has 0 spiro atoms. The van der Waals surface area contributed by atoms with Gasteiger partial charge >= 0.3 is 0 Å². The van der Waals surface area contributed by atoms with Crippen LogP contribution in [-0.4, -0.2) is 11.7 Å². The first-order valence-corrected chi connectivity index (χ1v) is 3.35. The predicted molar refractivity (Wildman–Crippen MR) is 40.0 cm³/mol. The molecule has 0 bridgehead atoms. The van der Waals surface area contributed by atoms with Crippen molar-refractivity contribution < 1.29 is 0 Å². The highest BCUT2D eigenvalue weighted by molar-refractivity contribution is 7.13. The fraction of sp³-hybridized carbons (Fsp3) is 0.200. The Hall–Kier alpha value is -0.900. The SMILES string of the molecule is C=NNc1nc(C)cs1. The number of aromatic nitrogens is 1. The van der Waals surface area contributed by atoms with Crippen molar-refractivity contribution in [2.45, 2.75) is 6.92 Å². The van der Waals surface area contributed by atoms with E-state index in [1.807, 2.05) is 12.3 Å².